The average molecular weight is 193 g/mol. The predicted molar refractivity (Wildman–Crippen MR) is 49.4 cm³/mol. The Morgan fingerprint density at radius 2 is 2.33 bits per heavy atom. The zero-order valence-electron chi connectivity index (χ0n) is 7.21. The van der Waals surface area contributed by atoms with Crippen LogP contribution in [0.2, 0.25) is 0 Å². The first-order valence-corrected chi connectivity index (χ1v) is 5.00. The lowest BCUT2D eigenvalue weighted by Gasteiger charge is -2.02. The summed E-state index contributed by atoms with van der Waals surface area (Å²) in [7, 11) is 1.53. The number of amides is 1. The van der Waals surface area contributed by atoms with Crippen LogP contribution in [-0.2, 0) is 4.74 Å². The van der Waals surface area contributed by atoms with E-state index in [1.807, 2.05) is 0 Å². The Bertz CT molecular complexity index is 121. The summed E-state index contributed by atoms with van der Waals surface area (Å²) in [6.07, 6.45) is 0.445. The smallest absolute Gasteiger partial charge is 0.406 e. The Hall–Kier alpha value is -0.420. The van der Waals surface area contributed by atoms with Crippen molar-refractivity contribution in [2.75, 3.05) is 31.8 Å². The number of alkyl carbamates (subject to hydrolysis) is 1. The maximum atomic E-state index is 10.5. The highest BCUT2D eigenvalue weighted by Gasteiger charge is 1.95. The number of rotatable bonds is 6. The van der Waals surface area contributed by atoms with Crippen LogP contribution in [-0.4, -0.2) is 43.0 Å². The number of hydrogen-bond acceptors (Lipinski definition) is 4. The van der Waals surface area contributed by atoms with Crippen LogP contribution < -0.4 is 5.32 Å². The summed E-state index contributed by atoms with van der Waals surface area (Å²) >= 11 is 1.65. The molecule has 2 N–H and O–H groups in total. The summed E-state index contributed by atoms with van der Waals surface area (Å²) in [4.78, 5) is 10.5. The lowest BCUT2D eigenvalue weighted by molar-refractivity contribution is 0.149. The number of nitrogens with one attached hydrogen (secondary N) is 1. The van der Waals surface area contributed by atoms with Crippen molar-refractivity contribution in [3.8, 4) is 0 Å². The van der Waals surface area contributed by atoms with Gasteiger partial charge < -0.3 is 15.2 Å². The van der Waals surface area contributed by atoms with Crippen LogP contribution in [0.5, 0.6) is 0 Å². The number of carbonyl (C=O) groups excluding carboxylic acids is 1. The Balaban J connectivity index is 2.95. The predicted octanol–water partition coefficient (Wildman–Crippen LogP) is 0.458. The van der Waals surface area contributed by atoms with E-state index in [4.69, 9.17) is 9.84 Å². The molecule has 0 bridgehead atoms. The fourth-order valence-corrected chi connectivity index (χ4v) is 1.22. The third-order valence-electron chi connectivity index (χ3n) is 1.11. The maximum Gasteiger partial charge on any atom is 0.406 e. The zero-order chi connectivity index (χ0) is 9.23. The average Bonchev–Trinajstić information content (AvgIpc) is 2.10. The summed E-state index contributed by atoms with van der Waals surface area (Å²) < 4.78 is 4.75. The molecule has 12 heavy (non-hydrogen) atoms. The molecule has 0 aliphatic rings. The van der Waals surface area contributed by atoms with E-state index in [1.165, 1.54) is 7.05 Å². The molecular weight excluding hydrogens is 178 g/mol. The highest BCUT2D eigenvalue weighted by Crippen LogP contribution is 2.00. The Morgan fingerprint density at radius 1 is 1.58 bits per heavy atom. The van der Waals surface area contributed by atoms with E-state index in [0.29, 0.717) is 6.61 Å². The topological polar surface area (TPSA) is 58.6 Å². The number of aliphatic hydroxyl groups excluding tert-OH is 1. The number of thioether (sulfide) groups is 1. The fourth-order valence-electron chi connectivity index (χ4n) is 0.565. The van der Waals surface area contributed by atoms with Gasteiger partial charge in [0.1, 0.15) is 0 Å². The molecule has 72 valence electrons. The van der Waals surface area contributed by atoms with Crippen molar-refractivity contribution in [1.82, 2.24) is 5.32 Å². The molecule has 0 unspecified atom stereocenters. The molecule has 0 aliphatic heterocycles. The first-order valence-electron chi connectivity index (χ1n) is 3.84. The van der Waals surface area contributed by atoms with Gasteiger partial charge in [-0.3, -0.25) is 0 Å². The van der Waals surface area contributed by atoms with Gasteiger partial charge in [-0.2, -0.15) is 11.8 Å². The molecule has 1 amide bonds. The molecule has 0 rings (SSSR count). The molecule has 5 heteroatoms. The molecule has 0 heterocycles. The van der Waals surface area contributed by atoms with E-state index >= 15 is 0 Å². The van der Waals surface area contributed by atoms with Crippen molar-refractivity contribution in [3.63, 3.8) is 0 Å². The number of aliphatic hydroxyl groups is 1. The van der Waals surface area contributed by atoms with Gasteiger partial charge in [-0.1, -0.05) is 0 Å². The van der Waals surface area contributed by atoms with E-state index in [9.17, 15) is 4.79 Å². The van der Waals surface area contributed by atoms with Gasteiger partial charge in [-0.25, -0.2) is 4.79 Å². The van der Waals surface area contributed by atoms with Gasteiger partial charge >= 0.3 is 6.09 Å². The van der Waals surface area contributed by atoms with Gasteiger partial charge in [0.2, 0.25) is 0 Å². The zero-order valence-corrected chi connectivity index (χ0v) is 8.02. The molecule has 0 saturated heterocycles. The molecule has 0 aromatic carbocycles. The summed E-state index contributed by atoms with van der Waals surface area (Å²) in [6.45, 7) is 0.652. The maximum absolute atomic E-state index is 10.5. The second-order valence-corrected chi connectivity index (χ2v) is 3.30. The summed E-state index contributed by atoms with van der Waals surface area (Å²) in [5, 5.41) is 10.8. The van der Waals surface area contributed by atoms with Crippen molar-refractivity contribution in [2.45, 2.75) is 6.42 Å². The monoisotopic (exact) mass is 193 g/mol. The Kier molecular flexibility index (Phi) is 8.37. The number of ether oxygens (including phenoxy) is 1. The van der Waals surface area contributed by atoms with Crippen LogP contribution in [0.4, 0.5) is 4.79 Å². The van der Waals surface area contributed by atoms with Gasteiger partial charge in [0.25, 0.3) is 0 Å². The standard InChI is InChI=1S/C7H15NO3S/c1-8-7(10)11-4-2-5-12-6-3-9/h9H,2-6H2,1H3,(H,8,10). The molecule has 0 atom stereocenters. The molecule has 0 aromatic rings. The minimum Gasteiger partial charge on any atom is -0.450 e. The third-order valence-corrected chi connectivity index (χ3v) is 2.15. The Labute approximate surface area is 76.7 Å². The van der Waals surface area contributed by atoms with E-state index in [0.717, 1.165) is 17.9 Å². The molecule has 0 aromatic heterocycles. The first kappa shape index (κ1) is 11.6. The van der Waals surface area contributed by atoms with Crippen molar-refractivity contribution >= 4 is 17.9 Å². The van der Waals surface area contributed by atoms with Crippen LogP contribution in [0.1, 0.15) is 6.42 Å². The van der Waals surface area contributed by atoms with Crippen LogP contribution in [0, 0.1) is 0 Å². The number of carbonyl (C=O) groups is 1. The molecule has 4 nitrogen and oxygen atoms in total. The lowest BCUT2D eigenvalue weighted by Crippen LogP contribution is -2.19. The lowest BCUT2D eigenvalue weighted by atomic mass is 10.5. The third kappa shape index (κ3) is 7.68. The Morgan fingerprint density at radius 3 is 2.92 bits per heavy atom. The molecule has 0 radical (unpaired) electrons. The molecule has 0 spiro atoms. The van der Waals surface area contributed by atoms with E-state index in [1.54, 1.807) is 11.8 Å². The van der Waals surface area contributed by atoms with Crippen molar-refractivity contribution < 1.29 is 14.6 Å². The van der Waals surface area contributed by atoms with Gasteiger partial charge in [-0.15, -0.1) is 0 Å². The number of hydrogen-bond donors (Lipinski definition) is 2. The first-order chi connectivity index (χ1) is 5.81. The van der Waals surface area contributed by atoms with E-state index in [-0.39, 0.29) is 12.7 Å². The van der Waals surface area contributed by atoms with Crippen LogP contribution in [0.15, 0.2) is 0 Å². The summed E-state index contributed by atoms with van der Waals surface area (Å²) in [6, 6.07) is 0. The normalized spacial score (nSPS) is 9.50. The van der Waals surface area contributed by atoms with Crippen molar-refractivity contribution in [1.29, 1.82) is 0 Å². The van der Waals surface area contributed by atoms with Gasteiger partial charge in [0.05, 0.1) is 13.2 Å². The van der Waals surface area contributed by atoms with Gasteiger partial charge in [0.15, 0.2) is 0 Å². The minimum atomic E-state index is -0.387. The quantitative estimate of drug-likeness (QED) is 0.602. The van der Waals surface area contributed by atoms with Crippen molar-refractivity contribution in [2.24, 2.45) is 0 Å². The molecule has 0 fully saturated rings. The van der Waals surface area contributed by atoms with Crippen LogP contribution >= 0.6 is 11.8 Å². The minimum absolute atomic E-state index is 0.209. The largest absolute Gasteiger partial charge is 0.450 e. The van der Waals surface area contributed by atoms with Gasteiger partial charge in [-0.05, 0) is 12.2 Å². The van der Waals surface area contributed by atoms with Gasteiger partial charge in [0, 0.05) is 12.8 Å². The molecule has 0 saturated carbocycles. The second kappa shape index (κ2) is 8.67. The highest BCUT2D eigenvalue weighted by atomic mass is 32.2. The fraction of sp³-hybridized carbons (Fsp3) is 0.857. The molecular formula is C7H15NO3S. The van der Waals surface area contributed by atoms with E-state index < -0.39 is 0 Å². The molecule has 0 aliphatic carbocycles. The second-order valence-electron chi connectivity index (χ2n) is 2.08. The highest BCUT2D eigenvalue weighted by molar-refractivity contribution is 7.99. The van der Waals surface area contributed by atoms with Crippen molar-refractivity contribution in [3.05, 3.63) is 0 Å². The summed E-state index contributed by atoms with van der Waals surface area (Å²) in [5.41, 5.74) is 0. The summed E-state index contributed by atoms with van der Waals surface area (Å²) in [5.74, 6) is 1.66. The van der Waals surface area contributed by atoms with Crippen LogP contribution in [0.3, 0.4) is 0 Å². The van der Waals surface area contributed by atoms with Crippen LogP contribution in [0.25, 0.3) is 0 Å². The SMILES string of the molecule is CNC(=O)OCCCSCCO. The van der Waals surface area contributed by atoms with E-state index in [2.05, 4.69) is 5.32 Å².